The number of hydrogen-bond donors (Lipinski definition) is 1. The number of benzene rings is 1. The maximum atomic E-state index is 13.8. The molecule has 6 nitrogen and oxygen atoms in total. The zero-order valence-electron chi connectivity index (χ0n) is 15.4. The summed E-state index contributed by atoms with van der Waals surface area (Å²) in [7, 11) is 0. The molecule has 140 valence electrons. The Labute approximate surface area is 152 Å². The summed E-state index contributed by atoms with van der Waals surface area (Å²) in [5, 5.41) is 12.4. The van der Waals surface area contributed by atoms with Crippen molar-refractivity contribution in [1.29, 1.82) is 0 Å². The van der Waals surface area contributed by atoms with Gasteiger partial charge in [0.2, 0.25) is 0 Å². The molecule has 2 aromatic heterocycles. The number of fused-ring (bicyclic) bond motifs is 1. The minimum Gasteiger partial charge on any atom is -0.488 e. The number of hydrogen-bond acceptors (Lipinski definition) is 4. The zero-order valence-corrected chi connectivity index (χ0v) is 15.4. The fourth-order valence-electron chi connectivity index (χ4n) is 2.75. The van der Waals surface area contributed by atoms with Gasteiger partial charge in [0.15, 0.2) is 6.30 Å². The molecular weight excluding hydrogens is 335 g/mol. The first-order valence-corrected chi connectivity index (χ1v) is 9.03. The van der Waals surface area contributed by atoms with E-state index in [0.717, 1.165) is 40.9 Å². The normalized spacial score (nSPS) is 13.8. The van der Waals surface area contributed by atoms with Crippen molar-refractivity contribution in [1.82, 2.24) is 20.0 Å². The SMILES string of the molecule is CCCOCC(C)Oc1ccc2[nH]nc(-c3cnn(C(F)CC)c3)c2c1. The number of ether oxygens (including phenoxy) is 2. The van der Waals surface area contributed by atoms with E-state index in [1.165, 1.54) is 4.68 Å². The van der Waals surface area contributed by atoms with Crippen LogP contribution in [0.25, 0.3) is 22.2 Å². The van der Waals surface area contributed by atoms with Crippen molar-refractivity contribution in [3.05, 3.63) is 30.6 Å². The predicted molar refractivity (Wildman–Crippen MR) is 99.0 cm³/mol. The number of H-pyrrole nitrogens is 1. The number of nitrogens with one attached hydrogen (secondary N) is 1. The van der Waals surface area contributed by atoms with Crippen LogP contribution in [0.3, 0.4) is 0 Å². The van der Waals surface area contributed by atoms with Gasteiger partial charge in [0, 0.05) is 23.8 Å². The van der Waals surface area contributed by atoms with Gasteiger partial charge in [-0.05, 0) is 38.0 Å². The summed E-state index contributed by atoms with van der Waals surface area (Å²) in [4.78, 5) is 0. The number of aromatic nitrogens is 4. The summed E-state index contributed by atoms with van der Waals surface area (Å²) < 4.78 is 26.6. The first kappa shape index (κ1) is 18.4. The summed E-state index contributed by atoms with van der Waals surface area (Å²) in [6.45, 7) is 7.12. The van der Waals surface area contributed by atoms with Crippen LogP contribution in [-0.4, -0.2) is 39.3 Å². The first-order valence-electron chi connectivity index (χ1n) is 9.03. The van der Waals surface area contributed by atoms with Gasteiger partial charge >= 0.3 is 0 Å². The average molecular weight is 360 g/mol. The lowest BCUT2D eigenvalue weighted by Gasteiger charge is -2.14. The van der Waals surface area contributed by atoms with E-state index >= 15 is 0 Å². The fourth-order valence-corrected chi connectivity index (χ4v) is 2.75. The minimum atomic E-state index is -1.13. The van der Waals surface area contributed by atoms with Gasteiger partial charge in [-0.25, -0.2) is 9.07 Å². The second-order valence-corrected chi connectivity index (χ2v) is 6.33. The molecule has 2 heterocycles. The van der Waals surface area contributed by atoms with Gasteiger partial charge in [0.05, 0.1) is 18.3 Å². The van der Waals surface area contributed by atoms with Crippen molar-refractivity contribution >= 4 is 10.9 Å². The second-order valence-electron chi connectivity index (χ2n) is 6.33. The quantitative estimate of drug-likeness (QED) is 0.571. The molecule has 2 unspecified atom stereocenters. The standard InChI is InChI=1S/C19H25FN4O2/c1-4-8-25-12-13(3)26-15-6-7-17-16(9-15)19(23-22-17)14-10-21-24(11-14)18(20)5-2/h6-7,9-11,13,18H,4-5,8,12H2,1-3H3,(H,22,23). The third kappa shape index (κ3) is 4.04. The van der Waals surface area contributed by atoms with Crippen LogP contribution < -0.4 is 4.74 Å². The summed E-state index contributed by atoms with van der Waals surface area (Å²) >= 11 is 0. The van der Waals surface area contributed by atoms with Gasteiger partial charge < -0.3 is 9.47 Å². The van der Waals surface area contributed by atoms with Crippen molar-refractivity contribution < 1.29 is 13.9 Å². The predicted octanol–water partition coefficient (Wildman–Crippen LogP) is 4.50. The monoisotopic (exact) mass is 360 g/mol. The molecule has 2 atom stereocenters. The van der Waals surface area contributed by atoms with E-state index in [-0.39, 0.29) is 6.10 Å². The Hall–Kier alpha value is -2.41. The van der Waals surface area contributed by atoms with E-state index in [4.69, 9.17) is 9.47 Å². The van der Waals surface area contributed by atoms with E-state index in [9.17, 15) is 4.39 Å². The van der Waals surface area contributed by atoms with E-state index in [1.54, 1.807) is 19.3 Å². The van der Waals surface area contributed by atoms with Crippen LogP contribution in [-0.2, 0) is 4.74 Å². The molecule has 0 spiro atoms. The highest BCUT2D eigenvalue weighted by Crippen LogP contribution is 2.30. The summed E-state index contributed by atoms with van der Waals surface area (Å²) in [5.41, 5.74) is 2.39. The number of rotatable bonds is 9. The third-order valence-electron chi connectivity index (χ3n) is 4.07. The zero-order chi connectivity index (χ0) is 18.5. The summed E-state index contributed by atoms with van der Waals surface area (Å²) in [6.07, 6.45) is 3.50. The molecule has 0 saturated carbocycles. The summed E-state index contributed by atoms with van der Waals surface area (Å²) in [5.74, 6) is 0.747. The molecule has 3 aromatic rings. The van der Waals surface area contributed by atoms with Crippen molar-refractivity contribution in [3.8, 4) is 17.0 Å². The second kappa shape index (κ2) is 8.31. The molecule has 26 heavy (non-hydrogen) atoms. The highest BCUT2D eigenvalue weighted by Gasteiger charge is 2.14. The molecule has 0 aliphatic carbocycles. The molecule has 0 fully saturated rings. The van der Waals surface area contributed by atoms with Crippen molar-refractivity contribution in [2.24, 2.45) is 0 Å². The molecule has 0 bridgehead atoms. The molecule has 0 aliphatic rings. The topological polar surface area (TPSA) is 65.0 Å². The number of aromatic amines is 1. The largest absolute Gasteiger partial charge is 0.488 e. The molecular formula is C19H25FN4O2. The lowest BCUT2D eigenvalue weighted by Crippen LogP contribution is -2.19. The summed E-state index contributed by atoms with van der Waals surface area (Å²) in [6, 6.07) is 5.77. The van der Waals surface area contributed by atoms with Crippen molar-refractivity contribution in [2.45, 2.75) is 46.0 Å². The van der Waals surface area contributed by atoms with Crippen LogP contribution in [0.5, 0.6) is 5.75 Å². The minimum absolute atomic E-state index is 0.0473. The van der Waals surface area contributed by atoms with Gasteiger partial charge in [0.25, 0.3) is 0 Å². The first-order chi connectivity index (χ1) is 12.6. The van der Waals surface area contributed by atoms with Gasteiger partial charge in [0.1, 0.15) is 17.5 Å². The third-order valence-corrected chi connectivity index (χ3v) is 4.07. The van der Waals surface area contributed by atoms with Gasteiger partial charge in [-0.1, -0.05) is 13.8 Å². The fraction of sp³-hybridized carbons (Fsp3) is 0.474. The molecule has 0 aliphatic heterocycles. The van der Waals surface area contributed by atoms with Crippen LogP contribution in [0.15, 0.2) is 30.6 Å². The molecule has 0 amide bonds. The van der Waals surface area contributed by atoms with Crippen molar-refractivity contribution in [2.75, 3.05) is 13.2 Å². The van der Waals surface area contributed by atoms with Crippen LogP contribution in [0.2, 0.25) is 0 Å². The van der Waals surface area contributed by atoms with Crippen molar-refractivity contribution in [3.63, 3.8) is 0 Å². The van der Waals surface area contributed by atoms with Gasteiger partial charge in [-0.2, -0.15) is 10.2 Å². The Balaban J connectivity index is 1.81. The molecule has 7 heteroatoms. The lowest BCUT2D eigenvalue weighted by atomic mass is 10.1. The Bertz CT molecular complexity index is 845. The molecule has 1 aromatic carbocycles. The Morgan fingerprint density at radius 3 is 2.92 bits per heavy atom. The number of halogens is 1. The van der Waals surface area contributed by atoms with E-state index in [0.29, 0.717) is 13.0 Å². The van der Waals surface area contributed by atoms with E-state index in [1.807, 2.05) is 25.1 Å². The maximum absolute atomic E-state index is 13.8. The Kier molecular flexibility index (Phi) is 5.88. The van der Waals surface area contributed by atoms with Crippen LogP contribution in [0, 0.1) is 0 Å². The highest BCUT2D eigenvalue weighted by molar-refractivity contribution is 5.93. The Morgan fingerprint density at radius 1 is 1.31 bits per heavy atom. The highest BCUT2D eigenvalue weighted by atomic mass is 19.1. The molecule has 1 N–H and O–H groups in total. The van der Waals surface area contributed by atoms with Crippen LogP contribution in [0.4, 0.5) is 4.39 Å². The number of nitrogens with zero attached hydrogens (tertiary/aromatic N) is 3. The van der Waals surface area contributed by atoms with Gasteiger partial charge in [-0.3, -0.25) is 5.10 Å². The molecule has 0 radical (unpaired) electrons. The van der Waals surface area contributed by atoms with E-state index < -0.39 is 6.30 Å². The Morgan fingerprint density at radius 2 is 2.15 bits per heavy atom. The lowest BCUT2D eigenvalue weighted by molar-refractivity contribution is 0.0590. The van der Waals surface area contributed by atoms with Crippen LogP contribution in [0.1, 0.15) is 39.9 Å². The average Bonchev–Trinajstić information content (AvgIpc) is 3.27. The smallest absolute Gasteiger partial charge is 0.191 e. The molecule has 0 saturated heterocycles. The van der Waals surface area contributed by atoms with E-state index in [2.05, 4.69) is 22.2 Å². The van der Waals surface area contributed by atoms with Crippen LogP contribution >= 0.6 is 0 Å². The molecule has 3 rings (SSSR count). The maximum Gasteiger partial charge on any atom is 0.191 e. The number of alkyl halides is 1. The van der Waals surface area contributed by atoms with Gasteiger partial charge in [-0.15, -0.1) is 0 Å².